The number of nitrogens with zero attached hydrogens (tertiary/aromatic N) is 1. The third-order valence-corrected chi connectivity index (χ3v) is 14.4. The van der Waals surface area contributed by atoms with Gasteiger partial charge in [-0.05, 0) is 0 Å². The summed E-state index contributed by atoms with van der Waals surface area (Å²) in [5.74, 6) is 2.00. The molecule has 7 rings (SSSR count). The Balaban J connectivity index is 1.49. The predicted octanol–water partition coefficient (Wildman–Crippen LogP) is 0.968. The molecule has 124 valence electrons. The van der Waals surface area contributed by atoms with Crippen LogP contribution in [0, 0.1) is 23.2 Å². The first-order valence-corrected chi connectivity index (χ1v) is 12.5. The molecule has 3 saturated heterocycles. The van der Waals surface area contributed by atoms with E-state index in [0.717, 1.165) is 43.6 Å². The minimum absolute atomic E-state index is 0.0422. The number of hydrogen-bond acceptors (Lipinski definition) is 5. The first-order valence-electron chi connectivity index (χ1n) is 9.00. The third-order valence-electron chi connectivity index (χ3n) is 7.59. The molecule has 0 radical (unpaired) electrons. The van der Waals surface area contributed by atoms with E-state index < -0.39 is 14.5 Å². The van der Waals surface area contributed by atoms with E-state index in [1.165, 1.54) is 19.3 Å². The van der Waals surface area contributed by atoms with Crippen LogP contribution in [0.4, 0.5) is 0 Å². The molecular formula is C16H22GeNO5+. The van der Waals surface area contributed by atoms with Gasteiger partial charge >= 0.3 is 138 Å². The maximum absolute atomic E-state index is 13.0. The summed E-state index contributed by atoms with van der Waals surface area (Å²) in [5, 5.41) is 0. The molecule has 3 heterocycles. The number of rotatable bonds is 1. The summed E-state index contributed by atoms with van der Waals surface area (Å²) in [6.45, 7) is 1.60. The van der Waals surface area contributed by atoms with E-state index >= 15 is 0 Å². The molecule has 0 amide bonds. The van der Waals surface area contributed by atoms with Crippen LogP contribution in [-0.4, -0.2) is 55.6 Å². The van der Waals surface area contributed by atoms with Crippen LogP contribution in [0.25, 0.3) is 0 Å². The molecule has 23 heavy (non-hydrogen) atoms. The standard InChI is InChI=1S/C16H22GeNO5/c19-13-9-18-1-2-21-17(18,22-13)23-15(20)14(18)16-6-10-3-11(7-16)5-12(4-10)8-16/h10-12,14H,1-9H2/q+1. The second-order valence-corrected chi connectivity index (χ2v) is 14.4. The fourth-order valence-electron chi connectivity index (χ4n) is 7.50. The van der Waals surface area contributed by atoms with Crippen molar-refractivity contribution in [2.75, 3.05) is 19.7 Å². The molecule has 6 nitrogen and oxygen atoms in total. The van der Waals surface area contributed by atoms with Gasteiger partial charge in [0, 0.05) is 0 Å². The molecular weight excluding hydrogens is 359 g/mol. The van der Waals surface area contributed by atoms with Gasteiger partial charge in [0.1, 0.15) is 0 Å². The SMILES string of the molecule is O=C1C[N+]23CC[O][Ge]2([O]1)[O]C(=O)C3C12CC3CC(CC(C3)C1)C2. The summed E-state index contributed by atoms with van der Waals surface area (Å²) in [7, 11) is 0. The van der Waals surface area contributed by atoms with Crippen molar-refractivity contribution in [2.24, 2.45) is 23.2 Å². The monoisotopic (exact) mass is 382 g/mol. The molecule has 3 aliphatic heterocycles. The van der Waals surface area contributed by atoms with Crippen LogP contribution in [-0.2, 0) is 20.9 Å². The first kappa shape index (κ1) is 13.7. The van der Waals surface area contributed by atoms with Crippen LogP contribution in [0.5, 0.6) is 0 Å². The van der Waals surface area contributed by atoms with Gasteiger partial charge in [0.25, 0.3) is 0 Å². The molecule has 3 atom stereocenters. The van der Waals surface area contributed by atoms with Crippen LogP contribution < -0.4 is 0 Å². The maximum atomic E-state index is 13.0. The molecule has 3 unspecified atom stereocenters. The van der Waals surface area contributed by atoms with Crippen LogP contribution in [0.15, 0.2) is 0 Å². The van der Waals surface area contributed by atoms with Crippen molar-refractivity contribution >= 4 is 26.4 Å². The van der Waals surface area contributed by atoms with E-state index in [1.54, 1.807) is 0 Å². The topological polar surface area (TPSA) is 61.8 Å². The van der Waals surface area contributed by atoms with Crippen molar-refractivity contribution < 1.29 is 24.3 Å². The van der Waals surface area contributed by atoms with E-state index in [9.17, 15) is 9.59 Å². The van der Waals surface area contributed by atoms with Gasteiger partial charge in [0.2, 0.25) is 0 Å². The molecule has 4 saturated carbocycles. The van der Waals surface area contributed by atoms with E-state index in [2.05, 4.69) is 0 Å². The fourth-order valence-corrected chi connectivity index (χ4v) is 14.3. The fraction of sp³-hybridized carbons (Fsp3) is 0.875. The Kier molecular flexibility index (Phi) is 2.36. The Labute approximate surface area is 138 Å². The van der Waals surface area contributed by atoms with Crippen molar-refractivity contribution in [3.8, 4) is 0 Å². The van der Waals surface area contributed by atoms with E-state index in [-0.39, 0.29) is 23.4 Å². The van der Waals surface area contributed by atoms with Gasteiger partial charge in [-0.25, -0.2) is 0 Å². The van der Waals surface area contributed by atoms with Crippen LogP contribution in [0.3, 0.4) is 0 Å². The molecule has 4 bridgehead atoms. The van der Waals surface area contributed by atoms with Gasteiger partial charge in [-0.1, -0.05) is 0 Å². The average molecular weight is 381 g/mol. The van der Waals surface area contributed by atoms with Gasteiger partial charge < -0.3 is 0 Å². The number of hydrogen-bond donors (Lipinski definition) is 0. The number of carbonyl (C=O) groups is 2. The predicted molar refractivity (Wildman–Crippen MR) is 78.3 cm³/mol. The van der Waals surface area contributed by atoms with Crippen molar-refractivity contribution in [3.63, 3.8) is 0 Å². The number of quaternary nitrogens is 1. The summed E-state index contributed by atoms with van der Waals surface area (Å²) in [6.07, 6.45) is 7.47. The molecule has 4 aliphatic carbocycles. The van der Waals surface area contributed by atoms with Gasteiger partial charge in [0.15, 0.2) is 0 Å². The van der Waals surface area contributed by atoms with Crippen molar-refractivity contribution in [3.05, 3.63) is 0 Å². The summed E-state index contributed by atoms with van der Waals surface area (Å²) >= 11 is -3.80. The van der Waals surface area contributed by atoms with Crippen LogP contribution in [0.1, 0.15) is 38.5 Å². The van der Waals surface area contributed by atoms with Crippen molar-refractivity contribution in [1.82, 2.24) is 0 Å². The zero-order valence-electron chi connectivity index (χ0n) is 13.2. The Morgan fingerprint density at radius 3 is 2.30 bits per heavy atom. The Bertz CT molecular complexity index is 603. The Morgan fingerprint density at radius 2 is 1.65 bits per heavy atom. The zero-order valence-corrected chi connectivity index (χ0v) is 15.3. The molecule has 0 spiro atoms. The second kappa shape index (κ2) is 3.97. The van der Waals surface area contributed by atoms with Gasteiger partial charge in [-0.3, -0.25) is 0 Å². The molecule has 0 aromatic rings. The van der Waals surface area contributed by atoms with Crippen LogP contribution in [0.2, 0.25) is 0 Å². The Morgan fingerprint density at radius 1 is 1.00 bits per heavy atom. The molecule has 7 fully saturated rings. The van der Waals surface area contributed by atoms with E-state index in [0.29, 0.717) is 16.6 Å². The Hall–Kier alpha value is -0.597. The molecule has 7 heteroatoms. The average Bonchev–Trinajstić information content (AvgIpc) is 2.93. The van der Waals surface area contributed by atoms with Crippen molar-refractivity contribution in [1.29, 1.82) is 0 Å². The molecule has 0 aromatic heterocycles. The van der Waals surface area contributed by atoms with Gasteiger partial charge in [-0.15, -0.1) is 0 Å². The van der Waals surface area contributed by atoms with E-state index in [1.807, 2.05) is 0 Å². The summed E-state index contributed by atoms with van der Waals surface area (Å²) in [4.78, 5) is 25.0. The third kappa shape index (κ3) is 1.46. The van der Waals surface area contributed by atoms with Crippen molar-refractivity contribution in [2.45, 2.75) is 44.6 Å². The molecule has 0 aromatic carbocycles. The first-order chi connectivity index (χ1) is 11.0. The summed E-state index contributed by atoms with van der Waals surface area (Å²) in [6, 6.07) is -0.190. The minimum atomic E-state index is -3.80. The van der Waals surface area contributed by atoms with E-state index in [4.69, 9.17) is 11.3 Å². The van der Waals surface area contributed by atoms with Crippen LogP contribution >= 0.6 is 0 Å². The van der Waals surface area contributed by atoms with Gasteiger partial charge in [-0.2, -0.15) is 0 Å². The summed E-state index contributed by atoms with van der Waals surface area (Å²) in [5.41, 5.74) is 0.0422. The number of carbonyl (C=O) groups excluding carboxylic acids is 2. The molecule has 7 aliphatic rings. The second-order valence-electron chi connectivity index (χ2n) is 8.87. The normalized spacial score (nSPS) is 59.0. The van der Waals surface area contributed by atoms with Gasteiger partial charge in [0.05, 0.1) is 0 Å². The quantitative estimate of drug-likeness (QED) is 0.634. The zero-order chi connectivity index (χ0) is 15.4. The summed E-state index contributed by atoms with van der Waals surface area (Å²) < 4.78 is 17.8. The molecule has 0 N–H and O–H groups in total.